The number of hydrogen-bond acceptors (Lipinski definition) is 4. The van der Waals surface area contributed by atoms with Gasteiger partial charge >= 0.3 is 12.1 Å². The lowest BCUT2D eigenvalue weighted by atomic mass is 9.45. The number of halogens is 3. The van der Waals surface area contributed by atoms with Gasteiger partial charge in [-0.15, -0.1) is 0 Å². The van der Waals surface area contributed by atoms with E-state index in [2.05, 4.69) is 13.8 Å². The minimum absolute atomic E-state index is 0.00467. The van der Waals surface area contributed by atoms with Crippen LogP contribution in [-0.4, -0.2) is 41.2 Å². The summed E-state index contributed by atoms with van der Waals surface area (Å²) in [6.07, 6.45) is 2.73. The van der Waals surface area contributed by atoms with Gasteiger partial charge < -0.3 is 5.32 Å². The molecule has 0 saturated heterocycles. The first-order chi connectivity index (χ1) is 15.0. The number of nitrogens with one attached hydrogen (secondary N) is 1. The van der Waals surface area contributed by atoms with Gasteiger partial charge in [0.2, 0.25) is 0 Å². The van der Waals surface area contributed by atoms with Crippen molar-refractivity contribution in [3.05, 3.63) is 0 Å². The van der Waals surface area contributed by atoms with E-state index in [0.717, 1.165) is 38.5 Å². The molecular formula is C24H34F3NO3S. The highest BCUT2D eigenvalue weighted by atomic mass is 32.2. The molecule has 2 unspecified atom stereocenters. The van der Waals surface area contributed by atoms with E-state index in [-0.39, 0.29) is 23.3 Å². The Morgan fingerprint density at radius 1 is 1.12 bits per heavy atom. The van der Waals surface area contributed by atoms with Crippen molar-refractivity contribution in [1.82, 2.24) is 5.32 Å². The van der Waals surface area contributed by atoms with Crippen LogP contribution in [0.2, 0.25) is 0 Å². The van der Waals surface area contributed by atoms with Crippen LogP contribution in [-0.2, 0) is 14.4 Å². The number of thioether (sulfide) groups is 1. The maximum absolute atomic E-state index is 13.3. The monoisotopic (exact) mass is 473 g/mol. The molecule has 0 aliphatic heterocycles. The Bertz CT molecular complexity index is 787. The zero-order valence-electron chi connectivity index (χ0n) is 18.9. The molecule has 1 amide bonds. The number of carbonyl (C=O) groups excluding carboxylic acids is 3. The Morgan fingerprint density at radius 3 is 2.59 bits per heavy atom. The molecule has 0 radical (unpaired) electrons. The summed E-state index contributed by atoms with van der Waals surface area (Å²) in [6.45, 7) is 4.45. The lowest BCUT2D eigenvalue weighted by molar-refractivity contribution is -0.173. The molecule has 32 heavy (non-hydrogen) atoms. The zero-order valence-corrected chi connectivity index (χ0v) is 19.7. The van der Waals surface area contributed by atoms with Gasteiger partial charge in [-0.1, -0.05) is 13.8 Å². The second kappa shape index (κ2) is 8.62. The van der Waals surface area contributed by atoms with Gasteiger partial charge in [-0.3, -0.25) is 14.4 Å². The van der Waals surface area contributed by atoms with Gasteiger partial charge in [-0.25, -0.2) is 0 Å². The van der Waals surface area contributed by atoms with Crippen molar-refractivity contribution in [2.45, 2.75) is 83.1 Å². The van der Waals surface area contributed by atoms with E-state index in [1.165, 1.54) is 0 Å². The SMILES string of the molecule is C[C@]12CCC(SCCCNC(=O)C(F)(F)F)CC1C(=O)C[C@@H]1[C@H]2CC[C@]2(C)C(=O)CC[C@@H]12. The summed E-state index contributed by atoms with van der Waals surface area (Å²) in [5.41, 5.74) is -0.218. The maximum atomic E-state index is 13.3. The average Bonchev–Trinajstić information content (AvgIpc) is 3.02. The van der Waals surface area contributed by atoms with Crippen LogP contribution in [0.1, 0.15) is 71.6 Å². The lowest BCUT2D eigenvalue weighted by Crippen LogP contribution is -2.56. The van der Waals surface area contributed by atoms with E-state index in [4.69, 9.17) is 0 Å². The Hall–Kier alpha value is -1.05. The summed E-state index contributed by atoms with van der Waals surface area (Å²) in [4.78, 5) is 36.7. The Labute approximate surface area is 192 Å². The highest BCUT2D eigenvalue weighted by molar-refractivity contribution is 7.99. The third-order valence-electron chi connectivity index (χ3n) is 9.34. The first-order valence-electron chi connectivity index (χ1n) is 12.0. The maximum Gasteiger partial charge on any atom is 0.471 e. The third-order valence-corrected chi connectivity index (χ3v) is 10.8. The molecule has 4 aliphatic carbocycles. The van der Waals surface area contributed by atoms with E-state index in [1.54, 1.807) is 11.8 Å². The number of hydrogen-bond donors (Lipinski definition) is 1. The number of ketones is 2. The third kappa shape index (κ3) is 4.14. The number of carbonyl (C=O) groups is 3. The minimum Gasteiger partial charge on any atom is -0.348 e. The first kappa shape index (κ1) is 24.1. The van der Waals surface area contributed by atoms with E-state index in [1.807, 2.05) is 5.32 Å². The fourth-order valence-electron chi connectivity index (χ4n) is 7.55. The van der Waals surface area contributed by atoms with Crippen molar-refractivity contribution in [3.63, 3.8) is 0 Å². The smallest absolute Gasteiger partial charge is 0.348 e. The van der Waals surface area contributed by atoms with Crippen LogP contribution in [0.25, 0.3) is 0 Å². The molecule has 4 rings (SSSR count). The summed E-state index contributed by atoms with van der Waals surface area (Å²) in [7, 11) is 0. The van der Waals surface area contributed by atoms with Crippen LogP contribution >= 0.6 is 11.8 Å². The standard InChI is InChI=1S/C24H34F3NO3S/c1-22-8-6-14(32-11-3-10-28-21(31)24(25,26)27)12-18(22)19(29)13-15-16-4-5-20(30)23(16,2)9-7-17(15)22/h14-18H,3-13H2,1-2H3,(H,28,31)/t14?,15-,16-,17+,18?,22+,23-/m0/s1. The fourth-order valence-corrected chi connectivity index (χ4v) is 8.81. The molecule has 4 nitrogen and oxygen atoms in total. The first-order valence-corrected chi connectivity index (χ1v) is 13.0. The molecule has 0 spiro atoms. The van der Waals surface area contributed by atoms with Crippen LogP contribution in [0.5, 0.6) is 0 Å². The van der Waals surface area contributed by atoms with Crippen molar-refractivity contribution >= 4 is 29.2 Å². The molecule has 4 fully saturated rings. The second-order valence-electron chi connectivity index (χ2n) is 10.9. The number of rotatable bonds is 5. The van der Waals surface area contributed by atoms with Crippen molar-refractivity contribution in [1.29, 1.82) is 0 Å². The van der Waals surface area contributed by atoms with Gasteiger partial charge in [0.1, 0.15) is 11.6 Å². The molecule has 0 aromatic carbocycles. The van der Waals surface area contributed by atoms with Gasteiger partial charge in [-0.05, 0) is 73.9 Å². The van der Waals surface area contributed by atoms with Gasteiger partial charge in [0.15, 0.2) is 0 Å². The minimum atomic E-state index is -4.83. The molecule has 0 aromatic rings. The molecule has 0 heterocycles. The van der Waals surface area contributed by atoms with Crippen LogP contribution in [0.15, 0.2) is 0 Å². The normalized spacial score (nSPS) is 41.6. The molecule has 4 aliphatic rings. The number of amides is 1. The quantitative estimate of drug-likeness (QED) is 0.574. The summed E-state index contributed by atoms with van der Waals surface area (Å²) in [5.74, 6) is 0.816. The van der Waals surface area contributed by atoms with Crippen molar-refractivity contribution in [2.24, 2.45) is 34.5 Å². The zero-order chi connectivity index (χ0) is 23.3. The Kier molecular flexibility index (Phi) is 6.49. The molecule has 0 bridgehead atoms. The predicted octanol–water partition coefficient (Wildman–Crippen LogP) is 4.95. The van der Waals surface area contributed by atoms with Gasteiger partial charge in [0, 0.05) is 36.0 Å². The average molecular weight is 474 g/mol. The van der Waals surface area contributed by atoms with Crippen molar-refractivity contribution in [2.75, 3.05) is 12.3 Å². The van der Waals surface area contributed by atoms with E-state index in [0.29, 0.717) is 59.6 Å². The van der Waals surface area contributed by atoms with Gasteiger partial charge in [-0.2, -0.15) is 24.9 Å². The largest absolute Gasteiger partial charge is 0.471 e. The number of alkyl halides is 3. The number of fused-ring (bicyclic) bond motifs is 5. The van der Waals surface area contributed by atoms with Gasteiger partial charge in [0.05, 0.1) is 0 Å². The van der Waals surface area contributed by atoms with Gasteiger partial charge in [0.25, 0.3) is 0 Å². The van der Waals surface area contributed by atoms with Crippen LogP contribution in [0.4, 0.5) is 13.2 Å². The molecule has 180 valence electrons. The lowest BCUT2D eigenvalue weighted by Gasteiger charge is -2.59. The molecule has 1 N–H and O–H groups in total. The molecule has 7 atom stereocenters. The van der Waals surface area contributed by atoms with Crippen LogP contribution < -0.4 is 5.32 Å². The van der Waals surface area contributed by atoms with Crippen molar-refractivity contribution < 1.29 is 27.6 Å². The Balaban J connectivity index is 1.32. The van der Waals surface area contributed by atoms with E-state index in [9.17, 15) is 27.6 Å². The number of Topliss-reactive ketones (excluding diaryl/α,β-unsaturated/α-hetero) is 2. The van der Waals surface area contributed by atoms with Crippen LogP contribution in [0.3, 0.4) is 0 Å². The topological polar surface area (TPSA) is 63.2 Å². The Morgan fingerprint density at radius 2 is 1.88 bits per heavy atom. The summed E-state index contributed by atoms with van der Waals surface area (Å²) < 4.78 is 36.7. The van der Waals surface area contributed by atoms with E-state index >= 15 is 0 Å². The second-order valence-corrected chi connectivity index (χ2v) is 12.3. The van der Waals surface area contributed by atoms with Crippen LogP contribution in [0, 0.1) is 34.5 Å². The van der Waals surface area contributed by atoms with E-state index < -0.39 is 12.1 Å². The highest BCUT2D eigenvalue weighted by Gasteiger charge is 2.62. The fraction of sp³-hybridized carbons (Fsp3) is 0.875. The van der Waals surface area contributed by atoms with Crippen molar-refractivity contribution in [3.8, 4) is 0 Å². The molecule has 4 saturated carbocycles. The summed E-state index contributed by atoms with van der Waals surface area (Å²) in [5, 5.41) is 2.26. The summed E-state index contributed by atoms with van der Waals surface area (Å²) >= 11 is 1.73. The predicted molar refractivity (Wildman–Crippen MR) is 117 cm³/mol. The summed E-state index contributed by atoms with van der Waals surface area (Å²) in [6, 6.07) is 0. The highest BCUT2D eigenvalue weighted by Crippen LogP contribution is 2.65. The molecule has 0 aromatic heterocycles. The molecular weight excluding hydrogens is 439 g/mol. The molecule has 8 heteroatoms.